The number of aliphatic hydroxyl groups excluding tert-OH is 1. The quantitative estimate of drug-likeness (QED) is 0.755. The van der Waals surface area contributed by atoms with Gasteiger partial charge in [0.25, 0.3) is 5.91 Å². The molecule has 1 aliphatic heterocycles. The molecule has 4 nitrogen and oxygen atoms in total. The van der Waals surface area contributed by atoms with Gasteiger partial charge in [0.2, 0.25) is 0 Å². The molecule has 0 saturated carbocycles. The molecule has 1 aromatic heterocycles. The molecule has 1 fully saturated rings. The van der Waals surface area contributed by atoms with Crippen LogP contribution in [0.3, 0.4) is 0 Å². The third-order valence-corrected chi connectivity index (χ3v) is 2.63. The van der Waals surface area contributed by atoms with Gasteiger partial charge in [-0.25, -0.2) is 0 Å². The number of carbonyl (C=O) groups excluding carboxylic acids is 1. The summed E-state index contributed by atoms with van der Waals surface area (Å²) in [5.74, 6) is 0.972. The van der Waals surface area contributed by atoms with Crippen LogP contribution in [-0.2, 0) is 0 Å². The summed E-state index contributed by atoms with van der Waals surface area (Å²) in [5.41, 5.74) is 0. The zero-order chi connectivity index (χ0) is 10.8. The van der Waals surface area contributed by atoms with Gasteiger partial charge in [0.15, 0.2) is 5.76 Å². The van der Waals surface area contributed by atoms with Crippen LogP contribution >= 0.6 is 0 Å². The number of hydrogen-bond acceptors (Lipinski definition) is 3. The van der Waals surface area contributed by atoms with Crippen molar-refractivity contribution in [2.45, 2.75) is 25.9 Å². The molecule has 0 radical (unpaired) electrons. The van der Waals surface area contributed by atoms with Crippen molar-refractivity contribution in [1.29, 1.82) is 0 Å². The lowest BCUT2D eigenvalue weighted by atomic mass is 10.1. The second kappa shape index (κ2) is 4.06. The van der Waals surface area contributed by atoms with Gasteiger partial charge in [0, 0.05) is 13.1 Å². The fraction of sp³-hybridized carbons (Fsp3) is 0.545. The number of piperidine rings is 1. The Morgan fingerprint density at radius 3 is 3.00 bits per heavy atom. The van der Waals surface area contributed by atoms with Crippen molar-refractivity contribution in [1.82, 2.24) is 4.90 Å². The van der Waals surface area contributed by atoms with Crippen molar-refractivity contribution in [3.05, 3.63) is 23.7 Å². The molecule has 0 unspecified atom stereocenters. The minimum absolute atomic E-state index is 0.123. The van der Waals surface area contributed by atoms with Crippen molar-refractivity contribution in [3.63, 3.8) is 0 Å². The van der Waals surface area contributed by atoms with E-state index in [1.807, 2.05) is 6.92 Å². The van der Waals surface area contributed by atoms with Gasteiger partial charge < -0.3 is 14.4 Å². The lowest BCUT2D eigenvalue weighted by Gasteiger charge is -2.29. The molecular formula is C11H15NO3. The highest BCUT2D eigenvalue weighted by Gasteiger charge is 2.24. The molecule has 1 saturated heterocycles. The summed E-state index contributed by atoms with van der Waals surface area (Å²) in [6.45, 7) is 2.93. The number of furan rings is 1. The number of aliphatic hydroxyl groups is 1. The first kappa shape index (κ1) is 10.2. The zero-order valence-electron chi connectivity index (χ0n) is 8.77. The fourth-order valence-corrected chi connectivity index (χ4v) is 1.84. The summed E-state index contributed by atoms with van der Waals surface area (Å²) < 4.78 is 5.26. The van der Waals surface area contributed by atoms with Crippen LogP contribution in [0.15, 0.2) is 16.5 Å². The number of hydrogen-bond donors (Lipinski definition) is 1. The largest absolute Gasteiger partial charge is 0.456 e. The molecule has 15 heavy (non-hydrogen) atoms. The fourth-order valence-electron chi connectivity index (χ4n) is 1.84. The average Bonchev–Trinajstić information content (AvgIpc) is 2.64. The van der Waals surface area contributed by atoms with E-state index >= 15 is 0 Å². The Morgan fingerprint density at radius 1 is 1.60 bits per heavy atom. The van der Waals surface area contributed by atoms with E-state index in [-0.39, 0.29) is 5.91 Å². The molecule has 2 heterocycles. The van der Waals surface area contributed by atoms with E-state index in [1.165, 1.54) is 0 Å². The number of aryl methyl sites for hydroxylation is 1. The van der Waals surface area contributed by atoms with Crippen molar-refractivity contribution in [2.75, 3.05) is 13.1 Å². The number of β-amino-alcohol motifs (C(OH)–C–C–N with tert-alkyl or cyclic N) is 1. The van der Waals surface area contributed by atoms with Crippen molar-refractivity contribution in [2.24, 2.45) is 0 Å². The van der Waals surface area contributed by atoms with Gasteiger partial charge in [-0.2, -0.15) is 0 Å². The Morgan fingerprint density at radius 2 is 2.40 bits per heavy atom. The van der Waals surface area contributed by atoms with Gasteiger partial charge in [0.1, 0.15) is 5.76 Å². The second-order valence-electron chi connectivity index (χ2n) is 3.96. The number of rotatable bonds is 1. The molecule has 82 valence electrons. The van der Waals surface area contributed by atoms with Gasteiger partial charge in [-0.3, -0.25) is 4.79 Å². The standard InChI is InChI=1S/C11H15NO3/c1-8-4-5-10(15-8)11(14)12-6-2-3-9(13)7-12/h4-5,9,13H,2-3,6-7H2,1H3/t9-/m0/s1. The highest BCUT2D eigenvalue weighted by Crippen LogP contribution is 2.15. The molecule has 1 atom stereocenters. The van der Waals surface area contributed by atoms with Crippen molar-refractivity contribution >= 4 is 5.91 Å². The monoisotopic (exact) mass is 209 g/mol. The lowest BCUT2D eigenvalue weighted by Crippen LogP contribution is -2.42. The Bertz CT molecular complexity index is 358. The lowest BCUT2D eigenvalue weighted by molar-refractivity contribution is 0.0447. The molecule has 1 N–H and O–H groups in total. The minimum atomic E-state index is -0.390. The molecule has 1 aliphatic rings. The molecule has 1 aromatic rings. The van der Waals surface area contributed by atoms with E-state index in [9.17, 15) is 9.90 Å². The minimum Gasteiger partial charge on any atom is -0.456 e. The summed E-state index contributed by atoms with van der Waals surface area (Å²) in [6.07, 6.45) is 1.24. The van der Waals surface area contributed by atoms with Gasteiger partial charge in [0.05, 0.1) is 6.10 Å². The van der Waals surface area contributed by atoms with Crippen LogP contribution in [0, 0.1) is 6.92 Å². The SMILES string of the molecule is Cc1ccc(C(=O)N2CCC[C@H](O)C2)o1. The summed E-state index contributed by atoms with van der Waals surface area (Å²) >= 11 is 0. The average molecular weight is 209 g/mol. The molecule has 0 spiro atoms. The first-order valence-electron chi connectivity index (χ1n) is 5.20. The van der Waals surface area contributed by atoms with Crippen LogP contribution in [0.25, 0.3) is 0 Å². The maximum absolute atomic E-state index is 11.9. The highest BCUT2D eigenvalue weighted by atomic mass is 16.3. The smallest absolute Gasteiger partial charge is 0.289 e. The predicted molar refractivity (Wildman–Crippen MR) is 54.6 cm³/mol. The molecule has 0 aromatic carbocycles. The third kappa shape index (κ3) is 2.21. The number of carbonyl (C=O) groups is 1. The predicted octanol–water partition coefficient (Wildman–Crippen LogP) is 1.18. The Balaban J connectivity index is 2.07. The molecule has 0 bridgehead atoms. The summed E-state index contributed by atoms with van der Waals surface area (Å²) in [4.78, 5) is 13.5. The molecule has 2 rings (SSSR count). The van der Waals surface area contributed by atoms with E-state index in [0.717, 1.165) is 18.6 Å². The topological polar surface area (TPSA) is 53.7 Å². The van der Waals surface area contributed by atoms with Crippen LogP contribution in [0.1, 0.15) is 29.2 Å². The van der Waals surface area contributed by atoms with Crippen LogP contribution in [0.5, 0.6) is 0 Å². The van der Waals surface area contributed by atoms with Crippen LogP contribution < -0.4 is 0 Å². The van der Waals surface area contributed by atoms with Crippen molar-refractivity contribution < 1.29 is 14.3 Å². The molecule has 4 heteroatoms. The summed E-state index contributed by atoms with van der Waals surface area (Å²) in [5, 5.41) is 9.46. The van der Waals surface area contributed by atoms with E-state index < -0.39 is 6.10 Å². The third-order valence-electron chi connectivity index (χ3n) is 2.63. The van der Waals surface area contributed by atoms with Crippen LogP contribution in [0.2, 0.25) is 0 Å². The van der Waals surface area contributed by atoms with E-state index in [2.05, 4.69) is 0 Å². The normalized spacial score (nSPS) is 21.7. The zero-order valence-corrected chi connectivity index (χ0v) is 8.77. The summed E-state index contributed by atoms with van der Waals surface area (Å²) in [7, 11) is 0. The first-order valence-corrected chi connectivity index (χ1v) is 5.20. The molecule has 0 aliphatic carbocycles. The van der Waals surface area contributed by atoms with E-state index in [4.69, 9.17) is 4.42 Å². The highest BCUT2D eigenvalue weighted by molar-refractivity contribution is 5.91. The first-order chi connectivity index (χ1) is 7.16. The Hall–Kier alpha value is -1.29. The van der Waals surface area contributed by atoms with Crippen LogP contribution in [0.4, 0.5) is 0 Å². The van der Waals surface area contributed by atoms with E-state index in [0.29, 0.717) is 18.8 Å². The maximum atomic E-state index is 11.9. The van der Waals surface area contributed by atoms with Crippen LogP contribution in [-0.4, -0.2) is 35.1 Å². The van der Waals surface area contributed by atoms with Gasteiger partial charge in [-0.15, -0.1) is 0 Å². The Kier molecular flexibility index (Phi) is 2.77. The number of likely N-dealkylation sites (tertiary alicyclic amines) is 1. The van der Waals surface area contributed by atoms with E-state index in [1.54, 1.807) is 17.0 Å². The number of nitrogens with zero attached hydrogens (tertiary/aromatic N) is 1. The van der Waals surface area contributed by atoms with Crippen molar-refractivity contribution in [3.8, 4) is 0 Å². The maximum Gasteiger partial charge on any atom is 0.289 e. The summed E-state index contributed by atoms with van der Waals surface area (Å²) in [6, 6.07) is 3.45. The second-order valence-corrected chi connectivity index (χ2v) is 3.96. The molecular weight excluding hydrogens is 194 g/mol. The Labute approximate surface area is 88.5 Å². The van der Waals surface area contributed by atoms with Gasteiger partial charge in [-0.05, 0) is 31.9 Å². The van der Waals surface area contributed by atoms with Gasteiger partial charge >= 0.3 is 0 Å². The van der Waals surface area contributed by atoms with Gasteiger partial charge in [-0.1, -0.05) is 0 Å². The number of amides is 1. The molecule has 1 amide bonds.